The second-order valence-corrected chi connectivity index (χ2v) is 12.0. The van der Waals surface area contributed by atoms with Crippen LogP contribution in [0.2, 0.25) is 0 Å². The second kappa shape index (κ2) is 3.42. The summed E-state index contributed by atoms with van der Waals surface area (Å²) in [4.78, 5) is 13.7. The van der Waals surface area contributed by atoms with Gasteiger partial charge in [-0.05, 0) is 0 Å². The maximum atomic E-state index is 11.5. The van der Waals surface area contributed by atoms with E-state index >= 15 is 0 Å². The topological polar surface area (TPSA) is 17.1 Å². The summed E-state index contributed by atoms with van der Waals surface area (Å²) in [6.07, 6.45) is 0. The number of halogens is 1. The van der Waals surface area contributed by atoms with Crippen molar-refractivity contribution in [2.75, 3.05) is 4.93 Å². The summed E-state index contributed by atoms with van der Waals surface area (Å²) in [6.45, 7) is 0. The fourth-order valence-electron chi connectivity index (χ4n) is 2.25. The molecule has 0 spiro atoms. The third kappa shape index (κ3) is 1.13. The number of carbonyl (C=O) groups is 1. The normalized spacial score (nSPS) is 17.3. The molecular weight excluding hydrogens is 311 g/mol. The number of fused-ring (bicyclic) bond motifs is 3. The van der Waals surface area contributed by atoms with Crippen LogP contribution in [0.3, 0.4) is 0 Å². The molecule has 0 aliphatic carbocycles. The molecule has 1 aliphatic rings. The van der Waals surface area contributed by atoms with E-state index in [1.807, 2.05) is 24.3 Å². The molecule has 82 valence electrons. The van der Waals surface area contributed by atoms with E-state index in [4.69, 9.17) is 0 Å². The summed E-state index contributed by atoms with van der Waals surface area (Å²) in [6, 6.07) is 16.7. The van der Waals surface area contributed by atoms with Crippen LogP contribution in [0.15, 0.2) is 48.5 Å². The number of benzene rings is 2. The number of hydrogen-bond donors (Lipinski definition) is 0. The van der Waals surface area contributed by atoms with Crippen molar-refractivity contribution in [2.24, 2.45) is 0 Å². The Hall–Kier alpha value is -1.16. The molecule has 0 radical (unpaired) electrons. The molecule has 1 heterocycles. The van der Waals surface area contributed by atoms with E-state index in [1.165, 1.54) is 22.6 Å². The molecule has 0 saturated heterocycles. The third-order valence-corrected chi connectivity index (χ3v) is 10.8. The Balaban J connectivity index is 2.43. The first-order valence-corrected chi connectivity index (χ1v) is 10.7. The van der Waals surface area contributed by atoms with Crippen molar-refractivity contribution in [1.82, 2.24) is 0 Å². The van der Waals surface area contributed by atoms with Gasteiger partial charge in [0.2, 0.25) is 0 Å². The van der Waals surface area contributed by atoms with Crippen LogP contribution in [-0.2, 0) is 4.79 Å². The van der Waals surface area contributed by atoms with Crippen LogP contribution < -0.4 is 18.4 Å². The SMILES string of the molecule is C[I-]1(C=O)c2ccccc2-c2ccccc21. The molecule has 0 N–H and O–H groups in total. The third-order valence-electron chi connectivity index (χ3n) is 3.06. The van der Waals surface area contributed by atoms with E-state index in [1.54, 1.807) is 0 Å². The Labute approximate surface area is 99.0 Å². The molecule has 0 fully saturated rings. The van der Waals surface area contributed by atoms with Gasteiger partial charge in [-0.2, -0.15) is 0 Å². The summed E-state index contributed by atoms with van der Waals surface area (Å²) < 4.78 is 3.83. The van der Waals surface area contributed by atoms with Crippen molar-refractivity contribution in [3.8, 4) is 11.1 Å². The minimum atomic E-state index is -2.56. The summed E-state index contributed by atoms with van der Waals surface area (Å²) >= 11 is -2.56. The van der Waals surface area contributed by atoms with Gasteiger partial charge in [0, 0.05) is 0 Å². The molecule has 0 atom stereocenters. The molecule has 0 unspecified atom stereocenters. The van der Waals surface area contributed by atoms with Crippen LogP contribution >= 0.6 is 0 Å². The van der Waals surface area contributed by atoms with Crippen molar-refractivity contribution < 1.29 is 23.2 Å². The summed E-state index contributed by atoms with van der Waals surface area (Å²) in [5.74, 6) is 0. The fourth-order valence-corrected chi connectivity index (χ4v) is 8.69. The molecule has 0 aromatic heterocycles. The van der Waals surface area contributed by atoms with Crippen LogP contribution in [-0.4, -0.2) is 9.22 Å². The van der Waals surface area contributed by atoms with Gasteiger partial charge < -0.3 is 0 Å². The van der Waals surface area contributed by atoms with Crippen LogP contribution in [0, 0.1) is 7.14 Å². The molecule has 2 heteroatoms. The Morgan fingerprint density at radius 1 is 0.875 bits per heavy atom. The van der Waals surface area contributed by atoms with Crippen molar-refractivity contribution in [3.63, 3.8) is 0 Å². The van der Waals surface area contributed by atoms with Gasteiger partial charge in [-0.15, -0.1) is 0 Å². The molecule has 1 nitrogen and oxygen atoms in total. The number of hydrogen-bond acceptors (Lipinski definition) is 1. The Morgan fingerprint density at radius 3 is 1.75 bits per heavy atom. The van der Waals surface area contributed by atoms with Crippen LogP contribution in [0.5, 0.6) is 0 Å². The Kier molecular flexibility index (Phi) is 2.14. The predicted molar refractivity (Wildman–Crippen MR) is 61.9 cm³/mol. The van der Waals surface area contributed by atoms with E-state index in [0.29, 0.717) is 0 Å². The van der Waals surface area contributed by atoms with Gasteiger partial charge in [-0.1, -0.05) is 0 Å². The number of alkyl halides is 1. The van der Waals surface area contributed by atoms with Crippen molar-refractivity contribution in [1.29, 1.82) is 0 Å². The molecule has 2 aromatic rings. The van der Waals surface area contributed by atoms with Gasteiger partial charge in [0.15, 0.2) is 0 Å². The van der Waals surface area contributed by atoms with Gasteiger partial charge in [-0.3, -0.25) is 0 Å². The molecule has 16 heavy (non-hydrogen) atoms. The van der Waals surface area contributed by atoms with E-state index in [9.17, 15) is 4.79 Å². The molecule has 0 amide bonds. The number of carbonyl (C=O) groups excluding carboxylic acids is 1. The first-order chi connectivity index (χ1) is 7.77. The zero-order chi connectivity index (χ0) is 11.2. The molecular formula is C14H12IO-. The predicted octanol–water partition coefficient (Wildman–Crippen LogP) is -0.313. The second-order valence-electron chi connectivity index (χ2n) is 3.96. The first kappa shape index (κ1) is 10.0. The van der Waals surface area contributed by atoms with Gasteiger partial charge >= 0.3 is 99.2 Å². The van der Waals surface area contributed by atoms with E-state index < -0.39 is 18.4 Å². The van der Waals surface area contributed by atoms with Gasteiger partial charge in [0.1, 0.15) is 0 Å². The van der Waals surface area contributed by atoms with Crippen LogP contribution in [0.25, 0.3) is 11.1 Å². The zero-order valence-corrected chi connectivity index (χ0v) is 11.1. The molecule has 1 aliphatic heterocycles. The average Bonchev–Trinajstić information content (AvgIpc) is 2.62. The quantitative estimate of drug-likeness (QED) is 0.304. The first-order valence-electron chi connectivity index (χ1n) is 5.11. The maximum absolute atomic E-state index is 11.5. The fraction of sp³-hybridized carbons (Fsp3) is 0.0714. The minimum absolute atomic E-state index is 1.23. The molecule has 0 saturated carbocycles. The van der Waals surface area contributed by atoms with Crippen LogP contribution in [0.4, 0.5) is 0 Å². The van der Waals surface area contributed by atoms with Crippen molar-refractivity contribution >= 4 is 4.29 Å². The zero-order valence-electron chi connectivity index (χ0n) is 8.98. The number of rotatable bonds is 1. The van der Waals surface area contributed by atoms with Crippen molar-refractivity contribution in [3.05, 3.63) is 55.7 Å². The Morgan fingerprint density at radius 2 is 1.31 bits per heavy atom. The van der Waals surface area contributed by atoms with Crippen LogP contribution in [0.1, 0.15) is 0 Å². The molecule has 3 rings (SSSR count). The average molecular weight is 323 g/mol. The summed E-state index contributed by atoms with van der Waals surface area (Å²) in [7, 11) is 0. The standard InChI is InChI=1S/C14H12IO/c1-15(10-16)13-8-4-2-6-11(13)12-7-3-5-9-14(12)15/h2-10H,1H3/q-1. The van der Waals surface area contributed by atoms with E-state index in [0.717, 1.165) is 0 Å². The van der Waals surface area contributed by atoms with Gasteiger partial charge in [-0.25, -0.2) is 0 Å². The molecule has 0 bridgehead atoms. The van der Waals surface area contributed by atoms with Gasteiger partial charge in [0.25, 0.3) is 0 Å². The van der Waals surface area contributed by atoms with E-state index in [-0.39, 0.29) is 0 Å². The van der Waals surface area contributed by atoms with Crippen molar-refractivity contribution in [2.45, 2.75) is 0 Å². The molecule has 2 aromatic carbocycles. The monoisotopic (exact) mass is 323 g/mol. The van der Waals surface area contributed by atoms with Gasteiger partial charge in [0.05, 0.1) is 0 Å². The summed E-state index contributed by atoms with van der Waals surface area (Å²) in [5, 5.41) is 0. The summed E-state index contributed by atoms with van der Waals surface area (Å²) in [5.41, 5.74) is 2.54. The Bertz CT molecular complexity index is 529. The van der Waals surface area contributed by atoms with E-state index in [2.05, 4.69) is 29.2 Å².